The molecule has 0 saturated heterocycles. The van der Waals surface area contributed by atoms with Gasteiger partial charge >= 0.3 is 6.18 Å². The van der Waals surface area contributed by atoms with Gasteiger partial charge in [-0.05, 0) is 42.8 Å². The molecular formula is C19H20F3N3O4S2. The van der Waals surface area contributed by atoms with E-state index in [1.54, 1.807) is 11.4 Å². The monoisotopic (exact) mass is 475 g/mol. The smallest absolute Gasteiger partial charge is 0.278 e. The molecule has 1 aliphatic carbocycles. The summed E-state index contributed by atoms with van der Waals surface area (Å²) in [4.78, 5) is 24.8. The number of hydrazine groups is 1. The van der Waals surface area contributed by atoms with Crippen molar-refractivity contribution in [3.63, 3.8) is 0 Å². The number of amides is 2. The topological polar surface area (TPSA) is 104 Å². The molecule has 2 amide bonds. The Balaban J connectivity index is 1.64. The molecule has 1 aliphatic rings. The number of thiophene rings is 1. The number of carbonyl (C=O) groups excluding carboxylic acids is 2. The van der Waals surface area contributed by atoms with Crippen molar-refractivity contribution in [1.82, 2.24) is 10.9 Å². The molecule has 3 N–H and O–H groups in total. The Morgan fingerprint density at radius 2 is 1.77 bits per heavy atom. The van der Waals surface area contributed by atoms with E-state index in [0.717, 1.165) is 11.3 Å². The van der Waals surface area contributed by atoms with Crippen molar-refractivity contribution in [2.45, 2.75) is 36.1 Å². The van der Waals surface area contributed by atoms with Crippen LogP contribution in [0.4, 0.5) is 18.9 Å². The number of hydrogen-bond acceptors (Lipinski definition) is 5. The quantitative estimate of drug-likeness (QED) is 0.574. The van der Waals surface area contributed by atoms with Crippen LogP contribution in [-0.4, -0.2) is 26.4 Å². The van der Waals surface area contributed by atoms with Gasteiger partial charge in [-0.1, -0.05) is 24.6 Å². The lowest BCUT2D eigenvalue weighted by molar-refractivity contribution is -0.186. The van der Waals surface area contributed by atoms with Crippen molar-refractivity contribution in [1.29, 1.82) is 0 Å². The highest BCUT2D eigenvalue weighted by Gasteiger charge is 2.43. The largest absolute Gasteiger partial charge is 0.391 e. The zero-order chi connectivity index (χ0) is 22.6. The molecule has 31 heavy (non-hydrogen) atoms. The third kappa shape index (κ3) is 5.76. The first kappa shape index (κ1) is 23.1. The third-order valence-corrected chi connectivity index (χ3v) is 7.75. The van der Waals surface area contributed by atoms with E-state index in [4.69, 9.17) is 0 Å². The summed E-state index contributed by atoms with van der Waals surface area (Å²) in [7, 11) is -3.90. The average molecular weight is 476 g/mol. The number of benzene rings is 1. The van der Waals surface area contributed by atoms with Crippen LogP contribution in [0.1, 0.15) is 36.0 Å². The molecule has 2 atom stereocenters. The fourth-order valence-electron chi connectivity index (χ4n) is 3.39. The number of halogens is 3. The average Bonchev–Trinajstić information content (AvgIpc) is 3.27. The first-order chi connectivity index (χ1) is 14.6. The maximum absolute atomic E-state index is 12.9. The Hall–Kier alpha value is -2.60. The van der Waals surface area contributed by atoms with Gasteiger partial charge in [0.2, 0.25) is 5.91 Å². The Morgan fingerprint density at radius 1 is 1.03 bits per heavy atom. The van der Waals surface area contributed by atoms with Gasteiger partial charge in [-0.15, -0.1) is 11.3 Å². The van der Waals surface area contributed by atoms with Crippen molar-refractivity contribution >= 4 is 38.9 Å². The molecule has 1 aromatic heterocycles. The number of para-hydroxylation sites is 1. The molecule has 2 aromatic rings. The Morgan fingerprint density at radius 3 is 2.45 bits per heavy atom. The van der Waals surface area contributed by atoms with E-state index in [1.807, 2.05) is 0 Å². The molecule has 3 rings (SSSR count). The van der Waals surface area contributed by atoms with Crippen molar-refractivity contribution in [2.24, 2.45) is 11.8 Å². The second-order valence-electron chi connectivity index (χ2n) is 7.13. The molecule has 1 fully saturated rings. The van der Waals surface area contributed by atoms with Gasteiger partial charge in [0, 0.05) is 5.92 Å². The highest BCUT2D eigenvalue weighted by molar-refractivity contribution is 7.94. The molecule has 0 bridgehead atoms. The molecule has 0 radical (unpaired) electrons. The standard InChI is InChI=1S/C19H20F3N3O4S2/c20-19(21,22)13-6-3-5-12(11-13)17(26)23-24-18(27)14-7-1-2-8-15(14)25-31(28,29)16-9-4-10-30-16/h1-2,4,7-10,12-13,25H,3,5-6,11H2,(H,23,26)(H,24,27). The van der Waals surface area contributed by atoms with E-state index >= 15 is 0 Å². The first-order valence-electron chi connectivity index (χ1n) is 9.40. The second kappa shape index (κ2) is 9.27. The second-order valence-corrected chi connectivity index (χ2v) is 9.99. The molecule has 1 saturated carbocycles. The number of anilines is 1. The van der Waals surface area contributed by atoms with Gasteiger partial charge in [-0.2, -0.15) is 13.2 Å². The lowest BCUT2D eigenvalue weighted by Gasteiger charge is -2.29. The van der Waals surface area contributed by atoms with Gasteiger partial charge in [0.05, 0.1) is 17.2 Å². The van der Waals surface area contributed by atoms with E-state index in [2.05, 4.69) is 15.6 Å². The molecule has 1 heterocycles. The highest BCUT2D eigenvalue weighted by Crippen LogP contribution is 2.39. The summed E-state index contributed by atoms with van der Waals surface area (Å²) < 4.78 is 66.1. The van der Waals surface area contributed by atoms with Crippen LogP contribution in [0.15, 0.2) is 46.0 Å². The van der Waals surface area contributed by atoms with Crippen LogP contribution in [0.5, 0.6) is 0 Å². The number of hydrogen-bond donors (Lipinski definition) is 3. The highest BCUT2D eigenvalue weighted by atomic mass is 32.2. The van der Waals surface area contributed by atoms with E-state index in [-0.39, 0.29) is 34.7 Å². The summed E-state index contributed by atoms with van der Waals surface area (Å²) in [5.74, 6) is -3.92. The van der Waals surface area contributed by atoms with Crippen molar-refractivity contribution in [3.8, 4) is 0 Å². The molecular weight excluding hydrogens is 455 g/mol. The Kier molecular flexibility index (Phi) is 6.90. The molecule has 12 heteroatoms. The molecule has 168 valence electrons. The number of nitrogens with one attached hydrogen (secondary N) is 3. The van der Waals surface area contributed by atoms with E-state index in [0.29, 0.717) is 6.42 Å². The van der Waals surface area contributed by atoms with Crippen LogP contribution in [0, 0.1) is 11.8 Å². The van der Waals surface area contributed by atoms with Gasteiger partial charge in [0.1, 0.15) is 4.21 Å². The lowest BCUT2D eigenvalue weighted by Crippen LogP contribution is -2.46. The summed E-state index contributed by atoms with van der Waals surface area (Å²) >= 11 is 1.01. The lowest BCUT2D eigenvalue weighted by atomic mass is 9.80. The van der Waals surface area contributed by atoms with Gasteiger partial charge in [0.15, 0.2) is 0 Å². The Bertz CT molecular complexity index is 1040. The number of alkyl halides is 3. The molecule has 0 aliphatic heterocycles. The number of carbonyl (C=O) groups is 2. The van der Waals surface area contributed by atoms with Crippen molar-refractivity contribution in [2.75, 3.05) is 4.72 Å². The maximum atomic E-state index is 12.9. The Labute approximate surface area is 181 Å². The minimum atomic E-state index is -4.36. The maximum Gasteiger partial charge on any atom is 0.391 e. The predicted molar refractivity (Wildman–Crippen MR) is 109 cm³/mol. The van der Waals surface area contributed by atoms with Crippen molar-refractivity contribution in [3.05, 3.63) is 47.3 Å². The minimum absolute atomic E-state index is 0.00236. The molecule has 0 spiro atoms. The zero-order valence-electron chi connectivity index (χ0n) is 16.1. The van der Waals surface area contributed by atoms with Crippen LogP contribution in [0.25, 0.3) is 0 Å². The van der Waals surface area contributed by atoms with E-state index in [1.165, 1.54) is 30.3 Å². The summed E-state index contributed by atoms with van der Waals surface area (Å²) in [5, 5.41) is 1.59. The van der Waals surface area contributed by atoms with Gasteiger partial charge in [0.25, 0.3) is 15.9 Å². The number of sulfonamides is 1. The number of rotatable bonds is 5. The molecule has 2 unspecified atom stereocenters. The third-order valence-electron chi connectivity index (χ3n) is 4.98. The van der Waals surface area contributed by atoms with Crippen LogP contribution >= 0.6 is 11.3 Å². The molecule has 1 aromatic carbocycles. The normalized spacial score (nSPS) is 19.5. The van der Waals surface area contributed by atoms with Crippen molar-refractivity contribution < 1.29 is 31.2 Å². The van der Waals surface area contributed by atoms with Crippen LogP contribution < -0.4 is 15.6 Å². The zero-order valence-corrected chi connectivity index (χ0v) is 17.7. The van der Waals surface area contributed by atoms with Crippen LogP contribution in [0.2, 0.25) is 0 Å². The molecule has 7 nitrogen and oxygen atoms in total. The summed E-state index contributed by atoms with van der Waals surface area (Å²) in [6.07, 6.45) is -4.14. The summed E-state index contributed by atoms with van der Waals surface area (Å²) in [6.45, 7) is 0. The fourth-order valence-corrected chi connectivity index (χ4v) is 5.47. The summed E-state index contributed by atoms with van der Waals surface area (Å²) in [6, 6.07) is 8.76. The van der Waals surface area contributed by atoms with Crippen LogP contribution in [-0.2, 0) is 14.8 Å². The fraction of sp³-hybridized carbons (Fsp3) is 0.368. The predicted octanol–water partition coefficient (Wildman–Crippen LogP) is 3.68. The minimum Gasteiger partial charge on any atom is -0.278 e. The van der Waals surface area contributed by atoms with Gasteiger partial charge < -0.3 is 0 Å². The summed E-state index contributed by atoms with van der Waals surface area (Å²) in [5.41, 5.74) is 4.26. The van der Waals surface area contributed by atoms with Gasteiger partial charge in [-0.3, -0.25) is 25.2 Å². The van der Waals surface area contributed by atoms with E-state index < -0.39 is 39.8 Å². The first-order valence-corrected chi connectivity index (χ1v) is 11.8. The van der Waals surface area contributed by atoms with Gasteiger partial charge in [-0.25, -0.2) is 8.42 Å². The SMILES string of the molecule is O=C(NNC(=O)C1CCCC(C(F)(F)F)C1)c1ccccc1NS(=O)(=O)c1cccs1. The van der Waals surface area contributed by atoms with Crippen LogP contribution in [0.3, 0.4) is 0 Å². The van der Waals surface area contributed by atoms with E-state index in [9.17, 15) is 31.2 Å².